The molecule has 0 spiro atoms. The number of Topliss-reactive ketones (excluding diaryl/α,β-unsaturated/α-hetero) is 1. The van der Waals surface area contributed by atoms with Gasteiger partial charge in [0.2, 0.25) is 0 Å². The van der Waals surface area contributed by atoms with Gasteiger partial charge >= 0.3 is 5.97 Å². The zero-order valence-corrected chi connectivity index (χ0v) is 18.7. The molecule has 1 atom stereocenters. The van der Waals surface area contributed by atoms with Crippen LogP contribution in [-0.4, -0.2) is 39.4 Å². The molecule has 0 saturated carbocycles. The summed E-state index contributed by atoms with van der Waals surface area (Å²) in [6.45, 7) is 14.3. The number of ether oxygens (including phenoxy) is 2. The van der Waals surface area contributed by atoms with Crippen molar-refractivity contribution in [1.29, 1.82) is 0 Å². The molecule has 0 aliphatic carbocycles. The zero-order chi connectivity index (χ0) is 20.7. The van der Waals surface area contributed by atoms with Crippen LogP contribution in [0.25, 0.3) is 0 Å². The predicted molar refractivity (Wildman–Crippen MR) is 109 cm³/mol. The first-order valence-electron chi connectivity index (χ1n) is 9.42. The summed E-state index contributed by atoms with van der Waals surface area (Å²) in [7, 11) is -1.99. The lowest BCUT2D eigenvalue weighted by molar-refractivity contribution is -0.162. The molecule has 1 aromatic rings. The molecule has 27 heavy (non-hydrogen) atoms. The minimum Gasteiger partial charge on any atom is -0.459 e. The number of hydrogen-bond acceptors (Lipinski definition) is 5. The first kappa shape index (κ1) is 23.5. The lowest BCUT2D eigenvalue weighted by atomic mass is 10.1. The Bertz CT molecular complexity index is 605. The van der Waals surface area contributed by atoms with E-state index in [-0.39, 0.29) is 36.6 Å². The van der Waals surface area contributed by atoms with Gasteiger partial charge in [-0.3, -0.25) is 4.79 Å². The highest BCUT2D eigenvalue weighted by Crippen LogP contribution is 2.36. The highest BCUT2D eigenvalue weighted by molar-refractivity contribution is 6.74. The average Bonchev–Trinajstić information content (AvgIpc) is 2.58. The van der Waals surface area contributed by atoms with E-state index in [1.807, 2.05) is 44.2 Å². The monoisotopic (exact) mass is 394 g/mol. The minimum absolute atomic E-state index is 0.0143. The summed E-state index contributed by atoms with van der Waals surface area (Å²) in [5.74, 6) is -0.712. The summed E-state index contributed by atoms with van der Waals surface area (Å²) in [5.41, 5.74) is 0.909. The van der Waals surface area contributed by atoms with E-state index in [0.717, 1.165) is 5.56 Å². The van der Waals surface area contributed by atoms with E-state index in [1.165, 1.54) is 0 Å². The van der Waals surface area contributed by atoms with E-state index in [4.69, 9.17) is 13.9 Å². The van der Waals surface area contributed by atoms with Crippen LogP contribution in [-0.2, 0) is 30.1 Å². The fourth-order valence-corrected chi connectivity index (χ4v) is 3.00. The molecule has 0 aromatic heterocycles. The van der Waals surface area contributed by atoms with Crippen LogP contribution >= 0.6 is 0 Å². The van der Waals surface area contributed by atoms with Crippen molar-refractivity contribution in [2.45, 2.75) is 65.5 Å². The third kappa shape index (κ3) is 7.95. The van der Waals surface area contributed by atoms with Crippen molar-refractivity contribution in [2.75, 3.05) is 13.2 Å². The predicted octanol–water partition coefficient (Wildman–Crippen LogP) is 4.36. The Morgan fingerprint density at radius 1 is 1.04 bits per heavy atom. The molecular formula is C21H34O5Si. The SMILES string of the molecule is CC(C)[C@H](OCC(=O)CO[Si](C)(C)C(C)(C)C)C(=O)OCc1ccccc1. The lowest BCUT2D eigenvalue weighted by Gasteiger charge is -2.35. The highest BCUT2D eigenvalue weighted by atomic mass is 28.4. The summed E-state index contributed by atoms with van der Waals surface area (Å²) < 4.78 is 16.8. The van der Waals surface area contributed by atoms with Gasteiger partial charge in [-0.15, -0.1) is 0 Å². The lowest BCUT2D eigenvalue weighted by Crippen LogP contribution is -2.42. The van der Waals surface area contributed by atoms with Gasteiger partial charge in [-0.1, -0.05) is 65.0 Å². The highest BCUT2D eigenvalue weighted by Gasteiger charge is 2.37. The van der Waals surface area contributed by atoms with Crippen LogP contribution in [0.2, 0.25) is 18.1 Å². The van der Waals surface area contributed by atoms with Crippen LogP contribution < -0.4 is 0 Å². The number of carbonyl (C=O) groups excluding carboxylic acids is 2. The number of carbonyl (C=O) groups is 2. The van der Waals surface area contributed by atoms with Gasteiger partial charge < -0.3 is 13.9 Å². The molecule has 0 heterocycles. The van der Waals surface area contributed by atoms with E-state index in [1.54, 1.807) is 0 Å². The molecule has 1 rings (SSSR count). The molecule has 0 bridgehead atoms. The van der Waals surface area contributed by atoms with Gasteiger partial charge in [0.05, 0.1) is 6.61 Å². The summed E-state index contributed by atoms with van der Waals surface area (Å²) in [6.07, 6.45) is -0.773. The maximum Gasteiger partial charge on any atom is 0.335 e. The number of rotatable bonds is 10. The average molecular weight is 395 g/mol. The second-order valence-corrected chi connectivity index (χ2v) is 13.5. The third-order valence-corrected chi connectivity index (χ3v) is 9.36. The zero-order valence-electron chi connectivity index (χ0n) is 17.7. The number of benzene rings is 1. The van der Waals surface area contributed by atoms with Gasteiger partial charge in [-0.05, 0) is 29.6 Å². The van der Waals surface area contributed by atoms with Crippen molar-refractivity contribution in [1.82, 2.24) is 0 Å². The standard InChI is InChI=1S/C21H34O5Si/c1-16(2)19(20(23)25-13-17-11-9-8-10-12-17)24-14-18(22)15-26-27(6,7)21(3,4)5/h8-12,16,19H,13-15H2,1-7H3/t19-/m0/s1. The molecule has 0 aliphatic rings. The maximum absolute atomic E-state index is 12.3. The molecule has 0 unspecified atom stereocenters. The topological polar surface area (TPSA) is 61.8 Å². The van der Waals surface area contributed by atoms with E-state index >= 15 is 0 Å². The molecule has 0 radical (unpaired) electrons. The molecule has 0 fully saturated rings. The summed E-state index contributed by atoms with van der Waals surface area (Å²) in [5, 5.41) is 0.0375. The Hall–Kier alpha value is -1.50. The molecule has 6 heteroatoms. The van der Waals surface area contributed by atoms with E-state index in [2.05, 4.69) is 33.9 Å². The smallest absolute Gasteiger partial charge is 0.335 e. The van der Waals surface area contributed by atoms with Crippen molar-refractivity contribution in [3.05, 3.63) is 35.9 Å². The molecule has 0 amide bonds. The van der Waals surface area contributed by atoms with Crippen LogP contribution in [0, 0.1) is 5.92 Å². The fraction of sp³-hybridized carbons (Fsp3) is 0.619. The fourth-order valence-electron chi connectivity index (χ4n) is 2.05. The molecule has 152 valence electrons. The van der Waals surface area contributed by atoms with Crippen molar-refractivity contribution in [3.8, 4) is 0 Å². The Balaban J connectivity index is 2.50. The minimum atomic E-state index is -1.99. The van der Waals surface area contributed by atoms with Crippen molar-refractivity contribution >= 4 is 20.1 Å². The third-order valence-electron chi connectivity index (χ3n) is 4.89. The second kappa shape index (κ2) is 10.2. The van der Waals surface area contributed by atoms with Gasteiger partial charge in [0, 0.05) is 0 Å². The summed E-state index contributed by atoms with van der Waals surface area (Å²) >= 11 is 0. The summed E-state index contributed by atoms with van der Waals surface area (Å²) in [6, 6.07) is 9.46. The maximum atomic E-state index is 12.3. The number of hydrogen-bond donors (Lipinski definition) is 0. The van der Waals surface area contributed by atoms with Crippen LogP contribution in [0.5, 0.6) is 0 Å². The van der Waals surface area contributed by atoms with E-state index in [9.17, 15) is 9.59 Å². The normalized spacial score (nSPS) is 13.5. The molecule has 0 aliphatic heterocycles. The van der Waals surface area contributed by atoms with E-state index < -0.39 is 20.4 Å². The Labute approximate surface area is 164 Å². The van der Waals surface area contributed by atoms with Crippen LogP contribution in [0.1, 0.15) is 40.2 Å². The Morgan fingerprint density at radius 2 is 1.63 bits per heavy atom. The van der Waals surface area contributed by atoms with Crippen molar-refractivity contribution in [2.24, 2.45) is 5.92 Å². The summed E-state index contributed by atoms with van der Waals surface area (Å²) in [4.78, 5) is 24.5. The number of esters is 1. The van der Waals surface area contributed by atoms with Crippen molar-refractivity contribution < 1.29 is 23.5 Å². The van der Waals surface area contributed by atoms with Gasteiger partial charge in [0.25, 0.3) is 0 Å². The largest absolute Gasteiger partial charge is 0.459 e. The molecule has 0 saturated heterocycles. The van der Waals surface area contributed by atoms with Crippen molar-refractivity contribution in [3.63, 3.8) is 0 Å². The van der Waals surface area contributed by atoms with Gasteiger partial charge in [0.15, 0.2) is 20.2 Å². The molecular weight excluding hydrogens is 360 g/mol. The van der Waals surface area contributed by atoms with Gasteiger partial charge in [-0.25, -0.2) is 4.79 Å². The van der Waals surface area contributed by atoms with Gasteiger partial charge in [0.1, 0.15) is 13.2 Å². The second-order valence-electron chi connectivity index (χ2n) is 8.66. The first-order valence-corrected chi connectivity index (χ1v) is 12.3. The quantitative estimate of drug-likeness (QED) is 0.436. The van der Waals surface area contributed by atoms with Crippen LogP contribution in [0.4, 0.5) is 0 Å². The number of ketones is 1. The van der Waals surface area contributed by atoms with E-state index in [0.29, 0.717) is 0 Å². The Kier molecular flexibility index (Phi) is 8.85. The van der Waals surface area contributed by atoms with Crippen LogP contribution in [0.15, 0.2) is 30.3 Å². The van der Waals surface area contributed by atoms with Gasteiger partial charge in [-0.2, -0.15) is 0 Å². The molecule has 5 nitrogen and oxygen atoms in total. The Morgan fingerprint density at radius 3 is 2.15 bits per heavy atom. The first-order chi connectivity index (χ1) is 12.4. The molecule has 0 N–H and O–H groups in total. The molecule has 1 aromatic carbocycles. The van der Waals surface area contributed by atoms with Crippen LogP contribution in [0.3, 0.4) is 0 Å².